The van der Waals surface area contributed by atoms with Crippen molar-refractivity contribution in [2.45, 2.75) is 41.7 Å². The average Bonchev–Trinajstić information content (AvgIpc) is 3.23. The van der Waals surface area contributed by atoms with E-state index in [1.165, 1.54) is 41.7 Å². The third kappa shape index (κ3) is 4.21. The second kappa shape index (κ2) is 9.05. The van der Waals surface area contributed by atoms with Crippen LogP contribution in [0.2, 0.25) is 0 Å². The summed E-state index contributed by atoms with van der Waals surface area (Å²) in [6.45, 7) is 0. The molecule has 0 spiro atoms. The van der Waals surface area contributed by atoms with Gasteiger partial charge in [0.15, 0.2) is 5.17 Å². The second-order valence-electron chi connectivity index (χ2n) is 8.34. The summed E-state index contributed by atoms with van der Waals surface area (Å²) in [5.74, 6) is 3.24. The normalized spacial score (nSPS) is 31.0. The standard InChI is InChI=1S/C25H28N2S3/c26-24-27-20(16-28-24)17-29-25-14-8-7-13-22(25)21(18-9-3-1-4-10-18)15-23(30-25)19-11-5-2-6-12-19/h1-6,9-12,15,20-22H,7-8,13-14,16-17H2,(H2,26,27)/t20-,21+,22-,25-/m0/s1. The van der Waals surface area contributed by atoms with Crippen LogP contribution in [0, 0.1) is 5.92 Å². The van der Waals surface area contributed by atoms with Crippen LogP contribution >= 0.6 is 35.3 Å². The number of nitrogens with two attached hydrogens (primary N) is 1. The van der Waals surface area contributed by atoms with Crippen molar-refractivity contribution in [3.05, 3.63) is 77.9 Å². The minimum atomic E-state index is 0.218. The Hall–Kier alpha value is -1.30. The summed E-state index contributed by atoms with van der Waals surface area (Å²) in [6.07, 6.45) is 7.81. The molecule has 0 bridgehead atoms. The topological polar surface area (TPSA) is 38.4 Å². The SMILES string of the molecule is NC1=N[C@H](CS[C@]23CCCC[C@H]2[C@@H](c2ccccc2)C=C(c2ccccc2)S3)CS1. The van der Waals surface area contributed by atoms with Gasteiger partial charge < -0.3 is 5.73 Å². The van der Waals surface area contributed by atoms with Crippen molar-refractivity contribution < 1.29 is 0 Å². The second-order valence-corrected chi connectivity index (χ2v) is 12.4. The van der Waals surface area contributed by atoms with Crippen molar-refractivity contribution in [1.29, 1.82) is 0 Å². The summed E-state index contributed by atoms with van der Waals surface area (Å²) in [5.41, 5.74) is 8.76. The zero-order chi connectivity index (χ0) is 20.4. The fraction of sp³-hybridized carbons (Fsp3) is 0.400. The fourth-order valence-electron chi connectivity index (χ4n) is 4.95. The summed E-state index contributed by atoms with van der Waals surface area (Å²) < 4.78 is 0.218. The Kier molecular flexibility index (Phi) is 6.22. The van der Waals surface area contributed by atoms with Crippen molar-refractivity contribution in [1.82, 2.24) is 0 Å². The van der Waals surface area contributed by atoms with Crippen LogP contribution in [0.5, 0.6) is 0 Å². The lowest BCUT2D eigenvalue weighted by Crippen LogP contribution is -2.41. The number of thioether (sulfide) groups is 3. The molecule has 4 atom stereocenters. The molecule has 5 heteroatoms. The third-order valence-electron chi connectivity index (χ3n) is 6.40. The molecule has 1 fully saturated rings. The van der Waals surface area contributed by atoms with Crippen LogP contribution in [-0.4, -0.2) is 26.8 Å². The number of nitrogens with zero attached hydrogens (tertiary/aromatic N) is 1. The molecule has 2 aromatic rings. The molecule has 2 aliphatic heterocycles. The Balaban J connectivity index is 1.51. The Bertz CT molecular complexity index is 928. The molecule has 2 nitrogen and oxygen atoms in total. The van der Waals surface area contributed by atoms with Gasteiger partial charge in [0.05, 0.1) is 10.1 Å². The maximum absolute atomic E-state index is 5.95. The molecular weight excluding hydrogens is 424 g/mol. The Labute approximate surface area is 192 Å². The molecule has 30 heavy (non-hydrogen) atoms. The fourth-order valence-corrected chi connectivity index (χ4v) is 9.52. The monoisotopic (exact) mass is 452 g/mol. The maximum atomic E-state index is 5.95. The summed E-state index contributed by atoms with van der Waals surface area (Å²) in [7, 11) is 0. The van der Waals surface area contributed by atoms with Crippen LogP contribution in [0.25, 0.3) is 4.91 Å². The minimum absolute atomic E-state index is 0.218. The number of hydrogen-bond donors (Lipinski definition) is 1. The molecule has 0 aromatic heterocycles. The van der Waals surface area contributed by atoms with Crippen LogP contribution < -0.4 is 5.73 Å². The number of fused-ring (bicyclic) bond motifs is 1. The van der Waals surface area contributed by atoms with E-state index in [1.54, 1.807) is 11.8 Å². The van der Waals surface area contributed by atoms with Gasteiger partial charge in [0.25, 0.3) is 0 Å². The first-order chi connectivity index (χ1) is 14.7. The molecule has 0 unspecified atom stereocenters. The zero-order valence-corrected chi connectivity index (χ0v) is 19.5. The van der Waals surface area contributed by atoms with Crippen molar-refractivity contribution in [2.75, 3.05) is 11.5 Å². The lowest BCUT2D eigenvalue weighted by atomic mass is 9.75. The zero-order valence-electron chi connectivity index (χ0n) is 17.1. The average molecular weight is 453 g/mol. The van der Waals surface area contributed by atoms with E-state index in [0.29, 0.717) is 17.9 Å². The highest BCUT2D eigenvalue weighted by atomic mass is 32.2. The molecule has 0 radical (unpaired) electrons. The first-order valence-corrected chi connectivity index (χ1v) is 13.6. The van der Waals surface area contributed by atoms with Crippen LogP contribution in [0.4, 0.5) is 0 Å². The van der Waals surface area contributed by atoms with Gasteiger partial charge in [-0.1, -0.05) is 91.3 Å². The predicted molar refractivity (Wildman–Crippen MR) is 136 cm³/mol. The number of benzene rings is 2. The van der Waals surface area contributed by atoms with E-state index in [1.807, 2.05) is 0 Å². The lowest BCUT2D eigenvalue weighted by Gasteiger charge is -2.50. The molecule has 156 valence electrons. The Morgan fingerprint density at radius 3 is 2.53 bits per heavy atom. The van der Waals surface area contributed by atoms with E-state index in [9.17, 15) is 0 Å². The van der Waals surface area contributed by atoms with E-state index < -0.39 is 0 Å². The molecule has 3 aliphatic rings. The maximum Gasteiger partial charge on any atom is 0.154 e. The van der Waals surface area contributed by atoms with Gasteiger partial charge in [0.2, 0.25) is 0 Å². The van der Waals surface area contributed by atoms with Crippen molar-refractivity contribution in [3.8, 4) is 0 Å². The van der Waals surface area contributed by atoms with Gasteiger partial charge in [0, 0.05) is 22.3 Å². The molecule has 0 amide bonds. The third-order valence-corrected chi connectivity index (χ3v) is 10.9. The summed E-state index contributed by atoms with van der Waals surface area (Å²) >= 11 is 6.02. The Morgan fingerprint density at radius 1 is 1.03 bits per heavy atom. The highest BCUT2D eigenvalue weighted by Crippen LogP contribution is 2.63. The molecular formula is C25H28N2S3. The molecule has 5 rings (SSSR count). The van der Waals surface area contributed by atoms with Crippen LogP contribution in [-0.2, 0) is 0 Å². The number of hydrogen-bond acceptors (Lipinski definition) is 5. The molecule has 1 aliphatic carbocycles. The van der Waals surface area contributed by atoms with Crippen LogP contribution in [0.15, 0.2) is 71.7 Å². The van der Waals surface area contributed by atoms with Gasteiger partial charge in [-0.05, 0) is 29.9 Å². The van der Waals surface area contributed by atoms with Crippen LogP contribution in [0.3, 0.4) is 0 Å². The van der Waals surface area contributed by atoms with E-state index in [2.05, 4.69) is 95.3 Å². The highest BCUT2D eigenvalue weighted by Gasteiger charge is 2.49. The van der Waals surface area contributed by atoms with Crippen molar-refractivity contribution in [2.24, 2.45) is 16.6 Å². The van der Waals surface area contributed by atoms with Gasteiger partial charge in [-0.15, -0.1) is 23.5 Å². The van der Waals surface area contributed by atoms with Gasteiger partial charge in [-0.25, -0.2) is 0 Å². The molecule has 0 saturated heterocycles. The summed E-state index contributed by atoms with van der Waals surface area (Å²) in [5, 5.41) is 0.765. The van der Waals surface area contributed by atoms with E-state index in [-0.39, 0.29) is 4.08 Å². The quantitative estimate of drug-likeness (QED) is 0.554. The van der Waals surface area contributed by atoms with Gasteiger partial charge in [0.1, 0.15) is 0 Å². The molecule has 2 heterocycles. The minimum Gasteiger partial charge on any atom is -0.379 e. The largest absolute Gasteiger partial charge is 0.379 e. The van der Waals surface area contributed by atoms with Crippen molar-refractivity contribution >= 4 is 45.4 Å². The molecule has 2 aromatic carbocycles. The van der Waals surface area contributed by atoms with Crippen LogP contribution in [0.1, 0.15) is 42.7 Å². The van der Waals surface area contributed by atoms with E-state index >= 15 is 0 Å². The summed E-state index contributed by atoms with van der Waals surface area (Å²) in [4.78, 5) is 6.12. The first kappa shape index (κ1) is 20.6. The van der Waals surface area contributed by atoms with Gasteiger partial charge >= 0.3 is 0 Å². The molecule has 1 saturated carbocycles. The summed E-state index contributed by atoms with van der Waals surface area (Å²) in [6, 6.07) is 22.5. The number of allylic oxidation sites excluding steroid dienone is 1. The smallest absolute Gasteiger partial charge is 0.154 e. The predicted octanol–water partition coefficient (Wildman–Crippen LogP) is 6.61. The lowest BCUT2D eigenvalue weighted by molar-refractivity contribution is 0.320. The van der Waals surface area contributed by atoms with Gasteiger partial charge in [-0.2, -0.15) is 0 Å². The van der Waals surface area contributed by atoms with Gasteiger partial charge in [-0.3, -0.25) is 4.99 Å². The van der Waals surface area contributed by atoms with Crippen molar-refractivity contribution in [3.63, 3.8) is 0 Å². The van der Waals surface area contributed by atoms with E-state index in [0.717, 1.165) is 16.7 Å². The first-order valence-electron chi connectivity index (χ1n) is 10.8. The number of aliphatic imine (C=N–C) groups is 1. The Morgan fingerprint density at radius 2 is 1.80 bits per heavy atom. The number of amidine groups is 1. The number of rotatable bonds is 5. The highest BCUT2D eigenvalue weighted by molar-refractivity contribution is 8.22. The van der Waals surface area contributed by atoms with E-state index in [4.69, 9.17) is 5.73 Å². The molecule has 2 N–H and O–H groups in total.